The highest BCUT2D eigenvalue weighted by molar-refractivity contribution is 7.07. The molecule has 0 aliphatic rings. The predicted molar refractivity (Wildman–Crippen MR) is 101 cm³/mol. The van der Waals surface area contributed by atoms with E-state index in [1.807, 2.05) is 19.0 Å². The van der Waals surface area contributed by atoms with Crippen LogP contribution in [0.2, 0.25) is 0 Å². The number of amides is 2. The summed E-state index contributed by atoms with van der Waals surface area (Å²) in [5, 5.41) is 4.70. The van der Waals surface area contributed by atoms with E-state index in [1.54, 1.807) is 54.4 Å². The first-order valence-corrected chi connectivity index (χ1v) is 9.11. The van der Waals surface area contributed by atoms with E-state index in [-0.39, 0.29) is 11.8 Å². The van der Waals surface area contributed by atoms with Gasteiger partial charge in [-0.3, -0.25) is 9.59 Å². The number of nitrogens with zero attached hydrogens (tertiary/aromatic N) is 3. The molecule has 26 heavy (non-hydrogen) atoms. The lowest BCUT2D eigenvalue weighted by Crippen LogP contribution is -2.37. The minimum Gasteiger partial charge on any atom is -0.497 e. The van der Waals surface area contributed by atoms with Gasteiger partial charge >= 0.3 is 0 Å². The zero-order valence-electron chi connectivity index (χ0n) is 15.4. The lowest BCUT2D eigenvalue weighted by atomic mass is 10.2. The standard InChI is InChI=1S/C18H24N4O3S/c1-13(16(23)19-8-9-21(2)3)22-10-11-26-18(22)20-17(24)14-6-5-7-15(12-14)25-4/h5-7,10-13H,8-9H2,1-4H3,(H,19,23)/t13-/m1/s1. The SMILES string of the molecule is COc1cccc(C(=O)N=c2sccn2[C@H](C)C(=O)NCCN(C)C)c1. The Bertz CT molecular complexity index is 826. The third-order valence-electron chi connectivity index (χ3n) is 3.78. The summed E-state index contributed by atoms with van der Waals surface area (Å²) in [5.41, 5.74) is 0.437. The second kappa shape index (κ2) is 9.30. The summed E-state index contributed by atoms with van der Waals surface area (Å²) in [7, 11) is 5.44. The fourth-order valence-electron chi connectivity index (χ4n) is 2.24. The largest absolute Gasteiger partial charge is 0.497 e. The molecule has 2 aromatic rings. The molecule has 8 heteroatoms. The molecule has 1 aromatic carbocycles. The molecule has 1 N–H and O–H groups in total. The Morgan fingerprint density at radius 1 is 1.38 bits per heavy atom. The van der Waals surface area contributed by atoms with Crippen LogP contribution in [-0.2, 0) is 4.79 Å². The lowest BCUT2D eigenvalue weighted by molar-refractivity contribution is -0.123. The Kier molecular flexibility index (Phi) is 7.11. The molecule has 1 atom stereocenters. The Labute approximate surface area is 156 Å². The molecule has 1 aromatic heterocycles. The van der Waals surface area contributed by atoms with Gasteiger partial charge in [0.05, 0.1) is 7.11 Å². The molecule has 0 radical (unpaired) electrons. The van der Waals surface area contributed by atoms with Crippen LogP contribution in [0, 0.1) is 0 Å². The van der Waals surface area contributed by atoms with Crippen molar-refractivity contribution in [3.05, 3.63) is 46.2 Å². The second-order valence-corrected chi connectivity index (χ2v) is 6.89. The van der Waals surface area contributed by atoms with Crippen LogP contribution in [-0.4, -0.2) is 55.6 Å². The van der Waals surface area contributed by atoms with Crippen molar-refractivity contribution in [2.75, 3.05) is 34.3 Å². The number of nitrogens with one attached hydrogen (secondary N) is 1. The van der Waals surface area contributed by atoms with Gasteiger partial charge in [0.15, 0.2) is 4.80 Å². The molecule has 0 spiro atoms. The van der Waals surface area contributed by atoms with Gasteiger partial charge in [-0.1, -0.05) is 6.07 Å². The van der Waals surface area contributed by atoms with Gasteiger partial charge < -0.3 is 19.5 Å². The first kappa shape index (κ1) is 19.9. The summed E-state index contributed by atoms with van der Waals surface area (Å²) >= 11 is 1.31. The molecule has 0 unspecified atom stereocenters. The number of benzene rings is 1. The van der Waals surface area contributed by atoms with Gasteiger partial charge in [0.1, 0.15) is 11.8 Å². The summed E-state index contributed by atoms with van der Waals surface area (Å²) in [4.78, 5) is 31.4. The highest BCUT2D eigenvalue weighted by Gasteiger charge is 2.16. The number of ether oxygens (including phenoxy) is 1. The normalized spacial score (nSPS) is 12.9. The monoisotopic (exact) mass is 376 g/mol. The van der Waals surface area contributed by atoms with Crippen LogP contribution in [0.1, 0.15) is 23.3 Å². The summed E-state index contributed by atoms with van der Waals surface area (Å²) in [6.45, 7) is 3.11. The van der Waals surface area contributed by atoms with Crippen molar-refractivity contribution in [1.82, 2.24) is 14.8 Å². The zero-order valence-corrected chi connectivity index (χ0v) is 16.2. The maximum Gasteiger partial charge on any atom is 0.279 e. The molecular weight excluding hydrogens is 352 g/mol. The molecule has 7 nitrogen and oxygen atoms in total. The van der Waals surface area contributed by atoms with E-state index >= 15 is 0 Å². The number of methoxy groups -OCH3 is 1. The minimum atomic E-state index is -0.458. The van der Waals surface area contributed by atoms with E-state index < -0.39 is 6.04 Å². The van der Waals surface area contributed by atoms with Crippen LogP contribution >= 0.6 is 11.3 Å². The van der Waals surface area contributed by atoms with Crippen molar-refractivity contribution in [1.29, 1.82) is 0 Å². The molecule has 2 rings (SSSR count). The van der Waals surface area contributed by atoms with Crippen LogP contribution < -0.4 is 14.9 Å². The summed E-state index contributed by atoms with van der Waals surface area (Å²) < 4.78 is 6.84. The number of aromatic nitrogens is 1. The van der Waals surface area contributed by atoms with Crippen LogP contribution in [0.3, 0.4) is 0 Å². The predicted octanol–water partition coefficient (Wildman–Crippen LogP) is 1.54. The van der Waals surface area contributed by atoms with Crippen molar-refractivity contribution in [2.24, 2.45) is 4.99 Å². The van der Waals surface area contributed by atoms with Gasteiger partial charge in [-0.15, -0.1) is 11.3 Å². The number of carbonyl (C=O) groups is 2. The van der Waals surface area contributed by atoms with E-state index in [2.05, 4.69) is 10.3 Å². The lowest BCUT2D eigenvalue weighted by Gasteiger charge is -2.15. The Hall–Kier alpha value is -2.45. The van der Waals surface area contributed by atoms with Crippen molar-refractivity contribution >= 4 is 23.2 Å². The summed E-state index contributed by atoms with van der Waals surface area (Å²) in [6, 6.07) is 6.37. The minimum absolute atomic E-state index is 0.111. The molecule has 0 aliphatic carbocycles. The number of thiazole rings is 1. The average Bonchev–Trinajstić information content (AvgIpc) is 3.08. The van der Waals surface area contributed by atoms with Crippen molar-refractivity contribution in [2.45, 2.75) is 13.0 Å². The highest BCUT2D eigenvalue weighted by atomic mass is 32.1. The Morgan fingerprint density at radius 2 is 2.15 bits per heavy atom. The topological polar surface area (TPSA) is 75.9 Å². The van der Waals surface area contributed by atoms with Crippen LogP contribution in [0.5, 0.6) is 5.75 Å². The molecule has 2 amide bonds. The van der Waals surface area contributed by atoms with Gasteiger partial charge in [0.25, 0.3) is 5.91 Å². The summed E-state index contributed by atoms with van der Waals surface area (Å²) in [6.07, 6.45) is 1.76. The first-order chi connectivity index (χ1) is 12.4. The Balaban J connectivity index is 2.16. The molecule has 0 saturated carbocycles. The molecule has 1 heterocycles. The molecule has 0 aliphatic heterocycles. The summed E-state index contributed by atoms with van der Waals surface area (Å²) in [5.74, 6) is 0.111. The van der Waals surface area contributed by atoms with Gasteiger partial charge in [0, 0.05) is 30.2 Å². The highest BCUT2D eigenvalue weighted by Crippen LogP contribution is 2.13. The number of rotatable bonds is 7. The quantitative estimate of drug-likeness (QED) is 0.795. The van der Waals surface area contributed by atoms with Crippen LogP contribution in [0.15, 0.2) is 40.8 Å². The van der Waals surface area contributed by atoms with E-state index in [0.29, 0.717) is 22.7 Å². The molecule has 140 valence electrons. The third kappa shape index (κ3) is 5.27. The van der Waals surface area contributed by atoms with E-state index in [1.165, 1.54) is 11.3 Å². The Morgan fingerprint density at radius 3 is 2.85 bits per heavy atom. The van der Waals surface area contributed by atoms with Gasteiger partial charge in [0.2, 0.25) is 5.91 Å². The van der Waals surface area contributed by atoms with Crippen LogP contribution in [0.4, 0.5) is 0 Å². The number of carbonyl (C=O) groups excluding carboxylic acids is 2. The van der Waals surface area contributed by atoms with Gasteiger partial charge in [-0.05, 0) is 39.2 Å². The van der Waals surface area contributed by atoms with Crippen molar-refractivity contribution < 1.29 is 14.3 Å². The number of hydrogen-bond acceptors (Lipinski definition) is 5. The fourth-order valence-corrected chi connectivity index (χ4v) is 3.03. The molecular formula is C18H24N4O3S. The first-order valence-electron chi connectivity index (χ1n) is 8.23. The second-order valence-electron chi connectivity index (χ2n) is 6.01. The third-order valence-corrected chi connectivity index (χ3v) is 4.56. The maximum absolute atomic E-state index is 12.4. The van der Waals surface area contributed by atoms with Crippen molar-refractivity contribution in [3.63, 3.8) is 0 Å². The van der Waals surface area contributed by atoms with Gasteiger partial charge in [-0.25, -0.2) is 0 Å². The fraction of sp³-hybridized carbons (Fsp3) is 0.389. The zero-order chi connectivity index (χ0) is 19.1. The molecule has 0 saturated heterocycles. The van der Waals surface area contributed by atoms with E-state index in [0.717, 1.165) is 6.54 Å². The van der Waals surface area contributed by atoms with E-state index in [4.69, 9.17) is 4.74 Å². The smallest absolute Gasteiger partial charge is 0.279 e. The number of hydrogen-bond donors (Lipinski definition) is 1. The number of likely N-dealkylation sites (N-methyl/N-ethyl adjacent to an activating group) is 1. The molecule has 0 fully saturated rings. The van der Waals surface area contributed by atoms with E-state index in [9.17, 15) is 9.59 Å². The van der Waals surface area contributed by atoms with Crippen molar-refractivity contribution in [3.8, 4) is 5.75 Å². The average molecular weight is 376 g/mol. The molecule has 0 bridgehead atoms. The van der Waals surface area contributed by atoms with Crippen LogP contribution in [0.25, 0.3) is 0 Å². The van der Waals surface area contributed by atoms with Gasteiger partial charge in [-0.2, -0.15) is 4.99 Å². The maximum atomic E-state index is 12.4.